The van der Waals surface area contributed by atoms with E-state index in [0.29, 0.717) is 29.5 Å². The Kier molecular flexibility index (Phi) is 13.3. The summed E-state index contributed by atoms with van der Waals surface area (Å²) in [6.45, 7) is 12.5. The molecule has 1 saturated carbocycles. The normalized spacial score (nSPS) is 14.6. The number of nitrogens with zero attached hydrogens (tertiary/aromatic N) is 1. The van der Waals surface area contributed by atoms with Crippen molar-refractivity contribution in [1.29, 1.82) is 0 Å². The first kappa shape index (κ1) is 38.8. The van der Waals surface area contributed by atoms with Crippen LogP contribution in [0.25, 0.3) is 10.1 Å². The first-order valence-electron chi connectivity index (χ1n) is 18.0. The summed E-state index contributed by atoms with van der Waals surface area (Å²) in [4.78, 5) is 47.8. The third kappa shape index (κ3) is 11.3. The average Bonchev–Trinajstić information content (AvgIpc) is 3.78. The molecular formula is C41H51N3O7S. The molecule has 0 saturated heterocycles. The predicted octanol–water partition coefficient (Wildman–Crippen LogP) is 9.16. The van der Waals surface area contributed by atoms with Crippen molar-refractivity contribution >= 4 is 45.1 Å². The fourth-order valence-electron chi connectivity index (χ4n) is 5.92. The highest BCUT2D eigenvalue weighted by Gasteiger charge is 2.37. The highest BCUT2D eigenvalue weighted by atomic mass is 32.1. The van der Waals surface area contributed by atoms with E-state index in [0.717, 1.165) is 52.6 Å². The minimum absolute atomic E-state index is 0.127. The summed E-state index contributed by atoms with van der Waals surface area (Å²) in [6, 6.07) is 24.0. The fraction of sp³-hybridized carbons (Fsp3) is 0.439. The topological polar surface area (TPSA) is 115 Å². The summed E-state index contributed by atoms with van der Waals surface area (Å²) in [6.07, 6.45) is 2.39. The number of thiophene rings is 1. The Hall–Kier alpha value is -4.45. The molecule has 0 spiro atoms. The van der Waals surface area contributed by atoms with Crippen LogP contribution in [0.4, 0.5) is 10.5 Å². The highest BCUT2D eigenvalue weighted by Crippen LogP contribution is 2.31. The molecule has 4 aromatic rings. The van der Waals surface area contributed by atoms with Crippen molar-refractivity contribution in [1.82, 2.24) is 10.4 Å². The number of hydrogen-bond donors (Lipinski definition) is 2. The van der Waals surface area contributed by atoms with Crippen LogP contribution in [-0.4, -0.2) is 47.5 Å². The van der Waals surface area contributed by atoms with Gasteiger partial charge in [-0.05, 0) is 106 Å². The van der Waals surface area contributed by atoms with Crippen LogP contribution < -0.4 is 10.8 Å². The molecule has 278 valence electrons. The SMILES string of the molecule is CC(C)COC(C)ONC(=O)c1cc2ccc(CNc3cccc(CN(C(=O)OC(C)(C)C)[C@H](C(=O)OC4CCCC4)c4ccccc4)c3)cc2s1. The number of carbonyl (C=O) groups is 3. The molecule has 10 nitrogen and oxygen atoms in total. The molecule has 1 aliphatic carbocycles. The van der Waals surface area contributed by atoms with Gasteiger partial charge in [-0.15, -0.1) is 11.3 Å². The number of nitrogens with one attached hydrogen (secondary N) is 2. The van der Waals surface area contributed by atoms with Gasteiger partial charge in [0.1, 0.15) is 11.7 Å². The number of rotatable bonds is 15. The van der Waals surface area contributed by atoms with Gasteiger partial charge in [-0.25, -0.2) is 19.9 Å². The molecule has 2 N–H and O–H groups in total. The zero-order valence-corrected chi connectivity index (χ0v) is 31.8. The van der Waals surface area contributed by atoms with E-state index in [9.17, 15) is 14.4 Å². The van der Waals surface area contributed by atoms with E-state index in [4.69, 9.17) is 19.0 Å². The van der Waals surface area contributed by atoms with Crippen LogP contribution >= 0.6 is 11.3 Å². The Morgan fingerprint density at radius 2 is 1.65 bits per heavy atom. The lowest BCUT2D eigenvalue weighted by Gasteiger charge is -2.33. The summed E-state index contributed by atoms with van der Waals surface area (Å²) in [5, 5.41) is 4.45. The van der Waals surface area contributed by atoms with Crippen molar-refractivity contribution in [2.45, 2.75) is 104 Å². The van der Waals surface area contributed by atoms with Crippen molar-refractivity contribution in [3.8, 4) is 0 Å². The molecule has 1 aromatic heterocycles. The van der Waals surface area contributed by atoms with Crippen molar-refractivity contribution in [2.24, 2.45) is 5.92 Å². The van der Waals surface area contributed by atoms with E-state index in [1.54, 1.807) is 6.92 Å². The minimum Gasteiger partial charge on any atom is -0.461 e. The molecule has 11 heteroatoms. The summed E-state index contributed by atoms with van der Waals surface area (Å²) in [7, 11) is 0. The minimum atomic E-state index is -0.981. The molecule has 0 bridgehead atoms. The van der Waals surface area contributed by atoms with E-state index < -0.39 is 30.0 Å². The number of amides is 2. The molecule has 3 aromatic carbocycles. The maximum absolute atomic E-state index is 13.8. The Bertz CT molecular complexity index is 1800. The summed E-state index contributed by atoms with van der Waals surface area (Å²) >= 11 is 1.39. The van der Waals surface area contributed by atoms with Crippen LogP contribution in [0, 0.1) is 5.92 Å². The van der Waals surface area contributed by atoms with Gasteiger partial charge in [-0.3, -0.25) is 9.69 Å². The Balaban J connectivity index is 1.29. The molecule has 2 atom stereocenters. The third-order valence-corrected chi connectivity index (χ3v) is 9.53. The number of carbonyl (C=O) groups excluding carboxylic acids is 3. The lowest BCUT2D eigenvalue weighted by Crippen LogP contribution is -2.43. The number of hydrogen-bond acceptors (Lipinski definition) is 9. The van der Waals surface area contributed by atoms with E-state index in [2.05, 4.69) is 16.9 Å². The van der Waals surface area contributed by atoms with Gasteiger partial charge < -0.3 is 19.5 Å². The van der Waals surface area contributed by atoms with E-state index in [1.807, 2.05) is 107 Å². The number of anilines is 1. The molecule has 1 heterocycles. The lowest BCUT2D eigenvalue weighted by molar-refractivity contribution is -0.163. The van der Waals surface area contributed by atoms with Gasteiger partial charge in [0.15, 0.2) is 12.3 Å². The van der Waals surface area contributed by atoms with Gasteiger partial charge in [-0.1, -0.05) is 68.4 Å². The number of esters is 1. The maximum Gasteiger partial charge on any atom is 0.411 e. The molecule has 2 amide bonds. The first-order valence-corrected chi connectivity index (χ1v) is 18.8. The van der Waals surface area contributed by atoms with E-state index in [1.165, 1.54) is 16.2 Å². The maximum atomic E-state index is 13.8. The standard InChI is InChI=1S/C41H51N3O7S/c1-27(2)26-48-28(3)51-43-38(45)36-23-32-20-19-29(22-35(32)52-36)24-42-33-16-12-13-30(21-33)25-44(40(47)50-41(4,5)6)37(31-14-8-7-9-15-31)39(46)49-34-17-10-11-18-34/h7-9,12-16,19-23,27-28,34,37,42H,10-11,17-18,24-26H2,1-6H3,(H,43,45)/t28?,37-/m0/s1. The van der Waals surface area contributed by atoms with Crippen molar-refractivity contribution in [3.05, 3.63) is 100 Å². The number of fused-ring (bicyclic) bond motifs is 1. The van der Waals surface area contributed by atoms with Crippen LogP contribution in [0.3, 0.4) is 0 Å². The van der Waals surface area contributed by atoms with Gasteiger partial charge in [0.25, 0.3) is 5.91 Å². The Labute approximate surface area is 310 Å². The van der Waals surface area contributed by atoms with Gasteiger partial charge in [0.05, 0.1) is 18.0 Å². The highest BCUT2D eigenvalue weighted by molar-refractivity contribution is 7.20. The second-order valence-corrected chi connectivity index (χ2v) is 15.7. The zero-order chi connectivity index (χ0) is 37.3. The summed E-state index contributed by atoms with van der Waals surface area (Å²) in [5.74, 6) is -0.414. The number of benzene rings is 3. The fourth-order valence-corrected chi connectivity index (χ4v) is 6.93. The number of ether oxygens (including phenoxy) is 3. The van der Waals surface area contributed by atoms with Crippen LogP contribution in [0.1, 0.15) is 99.6 Å². The van der Waals surface area contributed by atoms with Gasteiger partial charge in [0.2, 0.25) is 0 Å². The molecular weight excluding hydrogens is 679 g/mol. The lowest BCUT2D eigenvalue weighted by atomic mass is 10.0. The molecule has 0 aliphatic heterocycles. The Morgan fingerprint density at radius 3 is 2.37 bits per heavy atom. The predicted molar refractivity (Wildman–Crippen MR) is 204 cm³/mol. The van der Waals surface area contributed by atoms with Crippen molar-refractivity contribution in [2.75, 3.05) is 11.9 Å². The summed E-state index contributed by atoms with van der Waals surface area (Å²) in [5.41, 5.74) is 5.10. The first-order chi connectivity index (χ1) is 24.8. The number of hydroxylamine groups is 1. The van der Waals surface area contributed by atoms with Crippen LogP contribution in [-0.2, 0) is 36.9 Å². The summed E-state index contributed by atoms with van der Waals surface area (Å²) < 4.78 is 18.4. The molecule has 1 fully saturated rings. The molecule has 52 heavy (non-hydrogen) atoms. The van der Waals surface area contributed by atoms with E-state index in [-0.39, 0.29) is 18.6 Å². The van der Waals surface area contributed by atoms with Crippen molar-refractivity contribution in [3.63, 3.8) is 0 Å². The van der Waals surface area contributed by atoms with Gasteiger partial charge >= 0.3 is 12.1 Å². The molecule has 1 aliphatic rings. The molecule has 1 unspecified atom stereocenters. The second kappa shape index (κ2) is 17.9. The zero-order valence-electron chi connectivity index (χ0n) is 31.0. The Morgan fingerprint density at radius 1 is 0.904 bits per heavy atom. The van der Waals surface area contributed by atoms with Crippen LogP contribution in [0.5, 0.6) is 0 Å². The third-order valence-electron chi connectivity index (χ3n) is 8.43. The smallest absolute Gasteiger partial charge is 0.411 e. The quantitative estimate of drug-likeness (QED) is 0.0708. The monoisotopic (exact) mass is 729 g/mol. The van der Waals surface area contributed by atoms with E-state index >= 15 is 0 Å². The average molecular weight is 730 g/mol. The molecule has 5 rings (SSSR count). The largest absolute Gasteiger partial charge is 0.461 e. The van der Waals surface area contributed by atoms with Crippen molar-refractivity contribution < 1.29 is 33.4 Å². The van der Waals surface area contributed by atoms with Crippen LogP contribution in [0.2, 0.25) is 0 Å². The van der Waals surface area contributed by atoms with Gasteiger partial charge in [0, 0.05) is 16.9 Å². The van der Waals surface area contributed by atoms with Crippen LogP contribution in [0.15, 0.2) is 78.9 Å². The second-order valence-electron chi connectivity index (χ2n) is 14.6. The molecule has 0 radical (unpaired) electrons. The van der Waals surface area contributed by atoms with Gasteiger partial charge in [-0.2, -0.15) is 0 Å².